The van der Waals surface area contributed by atoms with Crippen LogP contribution in [0.15, 0.2) is 75.7 Å². The molecular formula is C20H15ClN2O4S. The first-order chi connectivity index (χ1) is 13.5. The molecule has 28 heavy (non-hydrogen) atoms. The third kappa shape index (κ3) is 5.25. The molecule has 0 saturated carbocycles. The molecule has 0 aliphatic rings. The molecule has 0 atom stereocenters. The third-order valence-electron chi connectivity index (χ3n) is 3.45. The van der Waals surface area contributed by atoms with E-state index in [1.54, 1.807) is 54.6 Å². The Balaban J connectivity index is 1.76. The Labute approximate surface area is 170 Å². The predicted octanol–water partition coefficient (Wildman–Crippen LogP) is 5.17. The lowest BCUT2D eigenvalue weighted by Crippen LogP contribution is -1.97. The van der Waals surface area contributed by atoms with Gasteiger partial charge in [0.25, 0.3) is 5.22 Å². The summed E-state index contributed by atoms with van der Waals surface area (Å²) in [5.41, 5.74) is 1.40. The van der Waals surface area contributed by atoms with Gasteiger partial charge in [-0.25, -0.2) is 4.79 Å². The first kappa shape index (κ1) is 19.7. The second-order valence-electron chi connectivity index (χ2n) is 5.46. The van der Waals surface area contributed by atoms with E-state index in [1.165, 1.54) is 6.08 Å². The van der Waals surface area contributed by atoms with Crippen molar-refractivity contribution < 1.29 is 19.1 Å². The zero-order valence-electron chi connectivity index (χ0n) is 14.5. The number of aliphatic carboxylic acids is 1. The molecule has 0 fully saturated rings. The van der Waals surface area contributed by atoms with Crippen LogP contribution in [0.4, 0.5) is 0 Å². The number of carboxylic acid groups (broad SMARTS) is 1. The molecule has 6 nitrogen and oxygen atoms in total. The van der Waals surface area contributed by atoms with Crippen LogP contribution < -0.4 is 4.74 Å². The first-order valence-corrected chi connectivity index (χ1v) is 9.30. The Morgan fingerprint density at radius 3 is 2.54 bits per heavy atom. The predicted molar refractivity (Wildman–Crippen MR) is 108 cm³/mol. The van der Waals surface area contributed by atoms with Gasteiger partial charge >= 0.3 is 5.97 Å². The molecule has 2 aromatic carbocycles. The summed E-state index contributed by atoms with van der Waals surface area (Å²) in [5.74, 6) is -0.137. The maximum Gasteiger partial charge on any atom is 0.342 e. The number of aromatic nitrogens is 2. The molecular weight excluding hydrogens is 400 g/mol. The van der Waals surface area contributed by atoms with Crippen LogP contribution in [0.3, 0.4) is 0 Å². The van der Waals surface area contributed by atoms with Crippen LogP contribution in [-0.4, -0.2) is 27.9 Å². The van der Waals surface area contributed by atoms with Gasteiger partial charge in [0.2, 0.25) is 5.89 Å². The Morgan fingerprint density at radius 1 is 1.18 bits per heavy atom. The van der Waals surface area contributed by atoms with Crippen LogP contribution in [0.1, 0.15) is 5.56 Å². The maximum atomic E-state index is 11.6. The van der Waals surface area contributed by atoms with Crippen LogP contribution >= 0.6 is 23.4 Å². The molecule has 1 aromatic heterocycles. The summed E-state index contributed by atoms with van der Waals surface area (Å²) < 4.78 is 11.0. The Hall–Kier alpha value is -3.03. The third-order valence-corrected chi connectivity index (χ3v) is 4.56. The molecule has 0 bridgehead atoms. The van der Waals surface area contributed by atoms with E-state index in [2.05, 4.69) is 16.8 Å². The Morgan fingerprint density at radius 2 is 1.89 bits per heavy atom. The van der Waals surface area contributed by atoms with E-state index in [4.69, 9.17) is 20.8 Å². The normalized spacial score (nSPS) is 11.2. The summed E-state index contributed by atoms with van der Waals surface area (Å²) in [6.45, 7) is 3.99. The second-order valence-corrected chi connectivity index (χ2v) is 6.89. The van der Waals surface area contributed by atoms with Gasteiger partial charge in [0.15, 0.2) is 0 Å². The van der Waals surface area contributed by atoms with E-state index >= 15 is 0 Å². The van der Waals surface area contributed by atoms with Crippen LogP contribution in [0.25, 0.3) is 17.5 Å². The van der Waals surface area contributed by atoms with Gasteiger partial charge in [0.05, 0.1) is 0 Å². The highest BCUT2D eigenvalue weighted by atomic mass is 35.5. The largest absolute Gasteiger partial charge is 0.490 e. The molecule has 0 spiro atoms. The molecule has 8 heteroatoms. The molecule has 0 saturated heterocycles. The number of hydrogen-bond acceptors (Lipinski definition) is 6. The second kappa shape index (κ2) is 9.25. The topological polar surface area (TPSA) is 85.5 Å². The van der Waals surface area contributed by atoms with Crippen LogP contribution in [0.2, 0.25) is 5.02 Å². The van der Waals surface area contributed by atoms with Gasteiger partial charge in [0, 0.05) is 10.6 Å². The maximum absolute atomic E-state index is 11.6. The number of carbonyl (C=O) groups is 1. The fourth-order valence-electron chi connectivity index (χ4n) is 2.16. The van der Waals surface area contributed by atoms with Crippen molar-refractivity contribution in [3.63, 3.8) is 0 Å². The van der Waals surface area contributed by atoms with Gasteiger partial charge in [-0.1, -0.05) is 36.4 Å². The summed E-state index contributed by atoms with van der Waals surface area (Å²) in [7, 11) is 0. The van der Waals surface area contributed by atoms with Crippen molar-refractivity contribution in [3.8, 4) is 17.2 Å². The fourth-order valence-corrected chi connectivity index (χ4v) is 2.95. The van der Waals surface area contributed by atoms with Gasteiger partial charge in [0.1, 0.15) is 17.3 Å². The van der Waals surface area contributed by atoms with Gasteiger partial charge in [-0.05, 0) is 59.8 Å². The molecule has 1 heterocycles. The van der Waals surface area contributed by atoms with Crippen molar-refractivity contribution in [2.75, 3.05) is 6.61 Å². The number of rotatable bonds is 8. The molecule has 1 N–H and O–H groups in total. The minimum absolute atomic E-state index is 0.0473. The lowest BCUT2D eigenvalue weighted by atomic mass is 10.2. The lowest BCUT2D eigenvalue weighted by molar-refractivity contribution is -0.131. The van der Waals surface area contributed by atoms with Crippen molar-refractivity contribution in [3.05, 3.63) is 76.7 Å². The zero-order chi connectivity index (χ0) is 19.9. The number of hydrogen-bond donors (Lipinski definition) is 1. The van der Waals surface area contributed by atoms with Crippen LogP contribution in [-0.2, 0) is 4.79 Å². The Kier molecular flexibility index (Phi) is 6.52. The van der Waals surface area contributed by atoms with E-state index in [0.29, 0.717) is 28.5 Å². The first-order valence-electron chi connectivity index (χ1n) is 8.11. The van der Waals surface area contributed by atoms with Gasteiger partial charge < -0.3 is 14.3 Å². The van der Waals surface area contributed by atoms with E-state index < -0.39 is 5.97 Å². The standard InChI is InChI=1S/C20H15ClN2O4S/c1-2-11-26-16-9-3-13(4-10-16)12-17(19(24)25)28-20-23-22-18(27-20)14-5-7-15(21)8-6-14/h2-10,12H,1,11H2,(H,24,25)/b17-12-. The molecule has 0 radical (unpaired) electrons. The summed E-state index contributed by atoms with van der Waals surface area (Å²) in [4.78, 5) is 11.6. The molecule has 3 rings (SSSR count). The van der Waals surface area contributed by atoms with Crippen molar-refractivity contribution >= 4 is 35.4 Å². The summed E-state index contributed by atoms with van der Waals surface area (Å²) in [5, 5.41) is 18.1. The van der Waals surface area contributed by atoms with E-state index in [9.17, 15) is 9.90 Å². The average Bonchev–Trinajstić information content (AvgIpc) is 3.16. The minimum atomic E-state index is -1.09. The van der Waals surface area contributed by atoms with Crippen molar-refractivity contribution in [2.24, 2.45) is 0 Å². The smallest absolute Gasteiger partial charge is 0.342 e. The highest BCUT2D eigenvalue weighted by molar-refractivity contribution is 8.03. The summed E-state index contributed by atoms with van der Waals surface area (Å²) in [6, 6.07) is 13.9. The number of halogens is 1. The van der Waals surface area contributed by atoms with Gasteiger partial charge in [-0.3, -0.25) is 0 Å². The number of thioether (sulfide) groups is 1. The quantitative estimate of drug-likeness (QED) is 0.309. The monoisotopic (exact) mass is 414 g/mol. The van der Waals surface area contributed by atoms with Gasteiger partial charge in [-0.2, -0.15) is 0 Å². The van der Waals surface area contributed by atoms with Crippen molar-refractivity contribution in [1.29, 1.82) is 0 Å². The van der Waals surface area contributed by atoms with Gasteiger partial charge in [-0.15, -0.1) is 10.2 Å². The Bertz CT molecular complexity index is 998. The molecule has 142 valence electrons. The molecule has 0 aliphatic heterocycles. The molecule has 0 amide bonds. The fraction of sp³-hybridized carbons (Fsp3) is 0.0500. The van der Waals surface area contributed by atoms with E-state index in [-0.39, 0.29) is 16.0 Å². The highest BCUT2D eigenvalue weighted by Crippen LogP contribution is 2.30. The average molecular weight is 415 g/mol. The van der Waals surface area contributed by atoms with Crippen LogP contribution in [0.5, 0.6) is 5.75 Å². The minimum Gasteiger partial charge on any atom is -0.490 e. The summed E-state index contributed by atoms with van der Waals surface area (Å²) in [6.07, 6.45) is 3.17. The zero-order valence-corrected chi connectivity index (χ0v) is 16.1. The van der Waals surface area contributed by atoms with E-state index in [1.807, 2.05) is 0 Å². The molecule has 0 aliphatic carbocycles. The lowest BCUT2D eigenvalue weighted by Gasteiger charge is -2.03. The number of benzene rings is 2. The molecule has 0 unspecified atom stereocenters. The number of carboxylic acids is 1. The van der Waals surface area contributed by atoms with E-state index in [0.717, 1.165) is 11.8 Å². The number of nitrogens with zero attached hydrogens (tertiary/aromatic N) is 2. The van der Waals surface area contributed by atoms with Crippen molar-refractivity contribution in [2.45, 2.75) is 5.22 Å². The van der Waals surface area contributed by atoms with Crippen molar-refractivity contribution in [1.82, 2.24) is 10.2 Å². The highest BCUT2D eigenvalue weighted by Gasteiger charge is 2.16. The summed E-state index contributed by atoms with van der Waals surface area (Å²) >= 11 is 6.74. The molecule has 3 aromatic rings. The number of ether oxygens (including phenoxy) is 1. The van der Waals surface area contributed by atoms with Crippen LogP contribution in [0, 0.1) is 0 Å². The SMILES string of the molecule is C=CCOc1ccc(/C=C(\Sc2nnc(-c3ccc(Cl)cc3)o2)C(=O)O)cc1.